The molecule has 6 rings (SSSR count). The molecule has 2 aliphatic heterocycles. The molecule has 38 heavy (non-hydrogen) atoms. The number of rotatable bonds is 6. The van der Waals surface area contributed by atoms with Gasteiger partial charge in [0.15, 0.2) is 6.61 Å². The molecule has 0 spiro atoms. The number of hydrogen-bond donors (Lipinski definition) is 2. The highest BCUT2D eigenvalue weighted by Gasteiger charge is 2.59. The normalized spacial score (nSPS) is 27.8. The van der Waals surface area contributed by atoms with E-state index in [4.69, 9.17) is 4.74 Å². The second kappa shape index (κ2) is 8.67. The minimum atomic E-state index is -4.51. The van der Waals surface area contributed by atoms with E-state index in [-0.39, 0.29) is 36.2 Å². The van der Waals surface area contributed by atoms with E-state index >= 15 is 0 Å². The van der Waals surface area contributed by atoms with Gasteiger partial charge in [-0.3, -0.25) is 24.9 Å². The highest BCUT2D eigenvalue weighted by atomic mass is 19.4. The smallest absolute Gasteiger partial charge is 0.422 e. The third-order valence-electron chi connectivity index (χ3n) is 7.43. The van der Waals surface area contributed by atoms with Crippen molar-refractivity contribution in [1.29, 1.82) is 0 Å². The molecule has 12 heteroatoms. The number of amides is 4. The summed E-state index contributed by atoms with van der Waals surface area (Å²) >= 11 is 0. The van der Waals surface area contributed by atoms with E-state index in [1.807, 2.05) is 12.2 Å². The number of ether oxygens (including phenoxy) is 1. The molecule has 0 radical (unpaired) electrons. The Morgan fingerprint density at radius 3 is 2.74 bits per heavy atom. The summed E-state index contributed by atoms with van der Waals surface area (Å²) in [6, 6.07) is 3.56. The van der Waals surface area contributed by atoms with Crippen molar-refractivity contribution < 1.29 is 32.3 Å². The first-order valence-electron chi connectivity index (χ1n) is 12.0. The number of imide groups is 1. The lowest BCUT2D eigenvalue weighted by Gasteiger charge is -2.36. The van der Waals surface area contributed by atoms with Crippen LogP contribution in [0.1, 0.15) is 28.0 Å². The van der Waals surface area contributed by atoms with Gasteiger partial charge in [-0.05, 0) is 41.5 Å². The van der Waals surface area contributed by atoms with Crippen LogP contribution in [0, 0.1) is 17.8 Å². The average Bonchev–Trinajstić information content (AvgIpc) is 3.52. The number of allylic oxidation sites excluding steroid dienone is 3. The first-order chi connectivity index (χ1) is 18.1. The Hall–Kier alpha value is -4.22. The quantitative estimate of drug-likeness (QED) is 0.561. The number of nitrogens with one attached hydrogen (secondary N) is 2. The van der Waals surface area contributed by atoms with Crippen LogP contribution in [0.15, 0.2) is 55.0 Å². The van der Waals surface area contributed by atoms with Gasteiger partial charge in [-0.25, -0.2) is 4.79 Å². The van der Waals surface area contributed by atoms with Crippen LogP contribution in [0.2, 0.25) is 0 Å². The molecule has 2 N–H and O–H groups in total. The molecular weight excluding hydrogens is 503 g/mol. The Balaban J connectivity index is 1.27. The number of carbonyl (C=O) groups is 3. The molecule has 9 nitrogen and oxygen atoms in total. The maximum absolute atomic E-state index is 13.3. The number of hydrogen-bond acceptors (Lipinski definition) is 6. The summed E-state index contributed by atoms with van der Waals surface area (Å²) in [6.45, 7) is -1.43. The summed E-state index contributed by atoms with van der Waals surface area (Å²) in [5.41, 5.74) is 0.951. The number of alkyl halides is 3. The fourth-order valence-corrected chi connectivity index (χ4v) is 5.61. The van der Waals surface area contributed by atoms with E-state index in [2.05, 4.69) is 26.7 Å². The lowest BCUT2D eigenvalue weighted by atomic mass is 9.79. The van der Waals surface area contributed by atoms with Crippen molar-refractivity contribution in [2.45, 2.75) is 24.7 Å². The molecule has 1 saturated carbocycles. The minimum Gasteiger partial charge on any atom is -0.484 e. The van der Waals surface area contributed by atoms with Crippen molar-refractivity contribution >= 4 is 23.4 Å². The third kappa shape index (κ3) is 4.29. The van der Waals surface area contributed by atoms with Crippen LogP contribution in [0.3, 0.4) is 0 Å². The highest BCUT2D eigenvalue weighted by molar-refractivity contribution is 6.08. The maximum Gasteiger partial charge on any atom is 0.422 e. The number of carbonyl (C=O) groups excluding carboxylic acids is 3. The van der Waals surface area contributed by atoms with Crippen LogP contribution < -0.4 is 15.4 Å². The number of aromatic nitrogens is 2. The van der Waals surface area contributed by atoms with Crippen LogP contribution in [0.25, 0.3) is 5.57 Å². The molecule has 1 aromatic heterocycles. The molecule has 4 atom stereocenters. The van der Waals surface area contributed by atoms with Crippen molar-refractivity contribution in [2.75, 3.05) is 13.2 Å². The van der Waals surface area contributed by atoms with Gasteiger partial charge in [-0.2, -0.15) is 13.2 Å². The topological polar surface area (TPSA) is 114 Å². The van der Waals surface area contributed by atoms with Crippen LogP contribution in [0.5, 0.6) is 5.75 Å². The molecule has 196 valence electrons. The zero-order valence-corrected chi connectivity index (χ0v) is 19.9. The molecule has 3 unspecified atom stereocenters. The molecule has 2 fully saturated rings. The Kier molecular flexibility index (Phi) is 5.51. The molecule has 4 aliphatic rings. The highest BCUT2D eigenvalue weighted by Crippen LogP contribution is 2.53. The second-order valence-corrected chi connectivity index (χ2v) is 9.92. The third-order valence-corrected chi connectivity index (χ3v) is 7.43. The van der Waals surface area contributed by atoms with Crippen LogP contribution in [0.4, 0.5) is 18.0 Å². The lowest BCUT2D eigenvalue weighted by Crippen LogP contribution is -2.60. The summed E-state index contributed by atoms with van der Waals surface area (Å²) in [5.74, 6) is -1.24. The summed E-state index contributed by atoms with van der Waals surface area (Å²) in [7, 11) is 0. The van der Waals surface area contributed by atoms with Crippen molar-refractivity contribution in [3.8, 4) is 5.75 Å². The summed E-state index contributed by atoms with van der Waals surface area (Å²) in [4.78, 5) is 48.9. The van der Waals surface area contributed by atoms with Gasteiger partial charge >= 0.3 is 12.2 Å². The molecule has 1 saturated heterocycles. The summed E-state index contributed by atoms with van der Waals surface area (Å²) in [6.07, 6.45) is 6.97. The number of urea groups is 1. The summed E-state index contributed by atoms with van der Waals surface area (Å²) < 4.78 is 42.5. The first-order valence-corrected chi connectivity index (χ1v) is 12.0. The Morgan fingerprint density at radius 2 is 2.03 bits per heavy atom. The molecule has 2 aromatic rings. The SMILES string of the molecule is O=C1NC(=O)[C@](CN2Cc3ccc(OCC(F)(F)F)cc3C2=O)(C2C=CC(c3cnccn3)=CC3CC32)N1. The van der Waals surface area contributed by atoms with E-state index in [1.54, 1.807) is 24.7 Å². The molecule has 1 aromatic carbocycles. The van der Waals surface area contributed by atoms with Gasteiger partial charge in [0, 0.05) is 30.4 Å². The predicted octanol–water partition coefficient (Wildman–Crippen LogP) is 2.86. The molecule has 0 bridgehead atoms. The molecule has 3 heterocycles. The van der Waals surface area contributed by atoms with Crippen molar-refractivity contribution in [3.63, 3.8) is 0 Å². The van der Waals surface area contributed by atoms with Gasteiger partial charge in [-0.15, -0.1) is 0 Å². The second-order valence-electron chi connectivity index (χ2n) is 9.92. The lowest BCUT2D eigenvalue weighted by molar-refractivity contribution is -0.153. The van der Waals surface area contributed by atoms with Crippen LogP contribution in [-0.4, -0.2) is 57.6 Å². The maximum atomic E-state index is 13.3. The average molecular weight is 525 g/mol. The Bertz CT molecular complexity index is 1390. The number of halogens is 3. The molecule has 4 amide bonds. The monoisotopic (exact) mass is 525 g/mol. The van der Waals surface area contributed by atoms with Crippen molar-refractivity contribution in [2.24, 2.45) is 17.8 Å². The Morgan fingerprint density at radius 1 is 1.18 bits per heavy atom. The summed E-state index contributed by atoms with van der Waals surface area (Å²) in [5, 5.41) is 5.13. The van der Waals surface area contributed by atoms with Gasteiger partial charge < -0.3 is 15.0 Å². The fourth-order valence-electron chi connectivity index (χ4n) is 5.61. The van der Waals surface area contributed by atoms with Gasteiger partial charge in [0.1, 0.15) is 11.3 Å². The first kappa shape index (κ1) is 24.1. The van der Waals surface area contributed by atoms with E-state index in [9.17, 15) is 27.6 Å². The molecule has 2 aliphatic carbocycles. The zero-order chi connectivity index (χ0) is 26.7. The largest absolute Gasteiger partial charge is 0.484 e. The fraction of sp³-hybridized carbons (Fsp3) is 0.346. The molecular formula is C26H22F3N5O4. The van der Waals surface area contributed by atoms with Crippen molar-refractivity contribution in [3.05, 3.63) is 71.8 Å². The van der Waals surface area contributed by atoms with E-state index < -0.39 is 42.1 Å². The van der Waals surface area contributed by atoms with E-state index in [0.29, 0.717) is 11.3 Å². The predicted molar refractivity (Wildman–Crippen MR) is 126 cm³/mol. The number of fused-ring (bicyclic) bond motifs is 2. The van der Waals surface area contributed by atoms with Gasteiger partial charge in [0.25, 0.3) is 11.8 Å². The standard InChI is InChI=1S/C26H22F3N5O4/c27-26(28,29)13-38-17-3-1-15-11-34(22(35)19(15)9-17)12-25(23(36)32-24(37)33-25)20-4-2-14(7-16-8-18(16)20)21-10-30-5-6-31-21/h1-7,9-10,16,18,20H,8,11-13H2,(H2,32,33,36,37)/t16?,18?,20?,25-/m0/s1. The minimum absolute atomic E-state index is 0.0621. The van der Waals surface area contributed by atoms with Gasteiger partial charge in [0.2, 0.25) is 0 Å². The number of benzene rings is 1. The Labute approximate surface area is 214 Å². The zero-order valence-electron chi connectivity index (χ0n) is 19.9. The van der Waals surface area contributed by atoms with Gasteiger partial charge in [-0.1, -0.05) is 24.3 Å². The van der Waals surface area contributed by atoms with Crippen LogP contribution in [-0.2, 0) is 11.3 Å². The number of nitrogens with zero attached hydrogens (tertiary/aromatic N) is 3. The van der Waals surface area contributed by atoms with E-state index in [1.165, 1.54) is 17.0 Å². The van der Waals surface area contributed by atoms with Crippen molar-refractivity contribution in [1.82, 2.24) is 25.5 Å². The van der Waals surface area contributed by atoms with E-state index in [0.717, 1.165) is 12.0 Å². The van der Waals surface area contributed by atoms with Crippen LogP contribution >= 0.6 is 0 Å². The van der Waals surface area contributed by atoms with Gasteiger partial charge in [0.05, 0.1) is 18.4 Å².